The minimum Gasteiger partial charge on any atom is -0.383 e. The third-order valence-electron chi connectivity index (χ3n) is 3.10. The van der Waals surface area contributed by atoms with Crippen molar-refractivity contribution in [2.24, 2.45) is 0 Å². The van der Waals surface area contributed by atoms with Crippen molar-refractivity contribution >= 4 is 5.69 Å². The topological polar surface area (TPSA) is 28.2 Å². The summed E-state index contributed by atoms with van der Waals surface area (Å²) in [6.07, 6.45) is 6.11. The highest BCUT2D eigenvalue weighted by molar-refractivity contribution is 5.41. The highest BCUT2D eigenvalue weighted by Crippen LogP contribution is 2.09. The number of rotatable bonds is 8. The molecule has 0 saturated heterocycles. The summed E-state index contributed by atoms with van der Waals surface area (Å²) in [6.45, 7) is 10.2. The average Bonchev–Trinajstić information content (AvgIpc) is 2.36. The van der Waals surface area contributed by atoms with Gasteiger partial charge in [0, 0.05) is 24.1 Å². The fourth-order valence-corrected chi connectivity index (χ4v) is 1.97. The van der Waals surface area contributed by atoms with Crippen LogP contribution in [0.4, 0.5) is 5.69 Å². The molecule has 0 fully saturated rings. The van der Waals surface area contributed by atoms with Crippen LogP contribution in [0.25, 0.3) is 0 Å². The summed E-state index contributed by atoms with van der Waals surface area (Å²) in [6, 6.07) is 4.55. The van der Waals surface area contributed by atoms with E-state index in [9.17, 15) is 0 Å². The Labute approximate surface area is 105 Å². The zero-order valence-electron chi connectivity index (χ0n) is 11.3. The zero-order valence-corrected chi connectivity index (χ0v) is 11.3. The lowest BCUT2D eigenvalue weighted by molar-refractivity contribution is 0.295. The molecule has 0 bridgehead atoms. The molecule has 96 valence electrons. The van der Waals surface area contributed by atoms with Crippen LogP contribution in [0, 0.1) is 0 Å². The molecule has 0 aromatic carbocycles. The molecule has 1 unspecified atom stereocenters. The standard InChI is InChI=1S/C14H25N3/c1-4-17(5-2)12-6-7-13(3)16-14-8-10-15-11-9-14/h8-11,13H,4-7,12H2,1-3H3,(H,15,16). The first-order valence-electron chi connectivity index (χ1n) is 6.65. The molecular formula is C14H25N3. The lowest BCUT2D eigenvalue weighted by atomic mass is 10.1. The summed E-state index contributed by atoms with van der Waals surface area (Å²) in [4.78, 5) is 6.48. The molecule has 3 heteroatoms. The Hall–Kier alpha value is -1.09. The third kappa shape index (κ3) is 5.68. The SMILES string of the molecule is CCN(CC)CCCC(C)Nc1ccncc1. The van der Waals surface area contributed by atoms with Gasteiger partial charge in [-0.05, 0) is 51.5 Å². The molecule has 1 aromatic rings. The molecule has 1 heterocycles. The lowest BCUT2D eigenvalue weighted by Crippen LogP contribution is -2.25. The van der Waals surface area contributed by atoms with Crippen LogP contribution in [0.2, 0.25) is 0 Å². The van der Waals surface area contributed by atoms with Crippen LogP contribution >= 0.6 is 0 Å². The molecule has 3 nitrogen and oxygen atoms in total. The van der Waals surface area contributed by atoms with E-state index in [1.54, 1.807) is 0 Å². The van der Waals surface area contributed by atoms with Gasteiger partial charge < -0.3 is 10.2 Å². The number of nitrogens with one attached hydrogen (secondary N) is 1. The zero-order chi connectivity index (χ0) is 12.5. The van der Waals surface area contributed by atoms with Gasteiger partial charge in [0.05, 0.1) is 0 Å². The molecule has 17 heavy (non-hydrogen) atoms. The molecule has 0 aliphatic heterocycles. The molecule has 1 rings (SSSR count). The molecule has 0 aliphatic carbocycles. The lowest BCUT2D eigenvalue weighted by Gasteiger charge is -2.20. The second-order valence-corrected chi connectivity index (χ2v) is 4.45. The van der Waals surface area contributed by atoms with Gasteiger partial charge in [-0.3, -0.25) is 4.98 Å². The first-order chi connectivity index (χ1) is 8.26. The van der Waals surface area contributed by atoms with Crippen LogP contribution in [-0.2, 0) is 0 Å². The fourth-order valence-electron chi connectivity index (χ4n) is 1.97. The van der Waals surface area contributed by atoms with Gasteiger partial charge in [0.2, 0.25) is 0 Å². The van der Waals surface area contributed by atoms with Crippen molar-refractivity contribution in [3.63, 3.8) is 0 Å². The maximum Gasteiger partial charge on any atom is 0.0373 e. The van der Waals surface area contributed by atoms with E-state index in [-0.39, 0.29) is 0 Å². The molecule has 1 atom stereocenters. The van der Waals surface area contributed by atoms with Crippen molar-refractivity contribution in [3.8, 4) is 0 Å². The van der Waals surface area contributed by atoms with Crippen molar-refractivity contribution in [2.75, 3.05) is 25.0 Å². The molecular weight excluding hydrogens is 210 g/mol. The van der Waals surface area contributed by atoms with Crippen LogP contribution in [-0.4, -0.2) is 35.6 Å². The van der Waals surface area contributed by atoms with Crippen molar-refractivity contribution in [2.45, 2.75) is 39.7 Å². The van der Waals surface area contributed by atoms with Crippen LogP contribution in [0.5, 0.6) is 0 Å². The summed E-state index contributed by atoms with van der Waals surface area (Å²) < 4.78 is 0. The molecule has 1 aromatic heterocycles. The number of anilines is 1. The van der Waals surface area contributed by atoms with Gasteiger partial charge in [0.25, 0.3) is 0 Å². The van der Waals surface area contributed by atoms with Crippen LogP contribution < -0.4 is 5.32 Å². The summed E-state index contributed by atoms with van der Waals surface area (Å²) in [5.74, 6) is 0. The first kappa shape index (κ1) is 14.0. The molecule has 1 N–H and O–H groups in total. The quantitative estimate of drug-likeness (QED) is 0.751. The van der Waals surface area contributed by atoms with E-state index in [1.165, 1.54) is 19.4 Å². The molecule has 0 spiro atoms. The highest BCUT2D eigenvalue weighted by atomic mass is 15.1. The van der Waals surface area contributed by atoms with Crippen LogP contribution in [0.3, 0.4) is 0 Å². The Morgan fingerprint density at radius 3 is 2.47 bits per heavy atom. The average molecular weight is 235 g/mol. The van der Waals surface area contributed by atoms with Crippen LogP contribution in [0.15, 0.2) is 24.5 Å². The van der Waals surface area contributed by atoms with Crippen molar-refractivity contribution < 1.29 is 0 Å². The van der Waals surface area contributed by atoms with Gasteiger partial charge in [-0.25, -0.2) is 0 Å². The Kier molecular flexibility index (Phi) is 6.63. The number of nitrogens with zero attached hydrogens (tertiary/aromatic N) is 2. The van der Waals surface area contributed by atoms with E-state index in [1.807, 2.05) is 24.5 Å². The second kappa shape index (κ2) is 8.07. The first-order valence-corrected chi connectivity index (χ1v) is 6.65. The maximum atomic E-state index is 4.01. The van der Waals surface area contributed by atoms with E-state index in [0.717, 1.165) is 18.8 Å². The van der Waals surface area contributed by atoms with Gasteiger partial charge in [0.1, 0.15) is 0 Å². The van der Waals surface area contributed by atoms with Crippen molar-refractivity contribution in [1.82, 2.24) is 9.88 Å². The Morgan fingerprint density at radius 1 is 1.24 bits per heavy atom. The summed E-state index contributed by atoms with van der Waals surface area (Å²) in [7, 11) is 0. The van der Waals surface area contributed by atoms with Gasteiger partial charge >= 0.3 is 0 Å². The minimum absolute atomic E-state index is 0.521. The Bertz CT molecular complexity index is 283. The molecule has 0 saturated carbocycles. The predicted octanol–water partition coefficient (Wildman–Crippen LogP) is 3.00. The number of aromatic nitrogens is 1. The minimum atomic E-state index is 0.521. The monoisotopic (exact) mass is 235 g/mol. The fraction of sp³-hybridized carbons (Fsp3) is 0.643. The Morgan fingerprint density at radius 2 is 1.88 bits per heavy atom. The maximum absolute atomic E-state index is 4.01. The molecule has 0 radical (unpaired) electrons. The van der Waals surface area contributed by atoms with Gasteiger partial charge in [0.15, 0.2) is 0 Å². The smallest absolute Gasteiger partial charge is 0.0373 e. The van der Waals surface area contributed by atoms with E-state index in [0.29, 0.717) is 6.04 Å². The second-order valence-electron chi connectivity index (χ2n) is 4.45. The summed E-state index contributed by atoms with van der Waals surface area (Å²) in [5, 5.41) is 3.49. The molecule has 0 amide bonds. The van der Waals surface area contributed by atoms with Crippen molar-refractivity contribution in [3.05, 3.63) is 24.5 Å². The summed E-state index contributed by atoms with van der Waals surface area (Å²) >= 11 is 0. The third-order valence-corrected chi connectivity index (χ3v) is 3.10. The number of hydrogen-bond acceptors (Lipinski definition) is 3. The summed E-state index contributed by atoms with van der Waals surface area (Å²) in [5.41, 5.74) is 1.16. The highest BCUT2D eigenvalue weighted by Gasteiger charge is 2.03. The van der Waals surface area contributed by atoms with E-state index in [2.05, 4.69) is 36.0 Å². The normalized spacial score (nSPS) is 12.7. The molecule has 0 aliphatic rings. The van der Waals surface area contributed by atoms with Gasteiger partial charge in [-0.2, -0.15) is 0 Å². The van der Waals surface area contributed by atoms with Crippen LogP contribution in [0.1, 0.15) is 33.6 Å². The van der Waals surface area contributed by atoms with E-state index >= 15 is 0 Å². The van der Waals surface area contributed by atoms with Crippen molar-refractivity contribution in [1.29, 1.82) is 0 Å². The number of hydrogen-bond donors (Lipinski definition) is 1. The van der Waals surface area contributed by atoms with Gasteiger partial charge in [-0.1, -0.05) is 13.8 Å². The Balaban J connectivity index is 2.19. The number of pyridine rings is 1. The largest absolute Gasteiger partial charge is 0.383 e. The van der Waals surface area contributed by atoms with E-state index in [4.69, 9.17) is 0 Å². The van der Waals surface area contributed by atoms with Gasteiger partial charge in [-0.15, -0.1) is 0 Å². The predicted molar refractivity (Wildman–Crippen MR) is 74.3 cm³/mol. The van der Waals surface area contributed by atoms with E-state index < -0.39 is 0 Å².